The molecule has 1 aliphatic heterocycles. The fourth-order valence-electron chi connectivity index (χ4n) is 3.05. The Morgan fingerprint density at radius 1 is 1.25 bits per heavy atom. The molecule has 8 heteroatoms. The van der Waals surface area contributed by atoms with Crippen LogP contribution in [0.4, 0.5) is 0 Å². The number of rotatable bonds is 5. The summed E-state index contributed by atoms with van der Waals surface area (Å²) in [4.78, 5) is 43.0. The summed E-state index contributed by atoms with van der Waals surface area (Å²) < 4.78 is 3.43. The second kappa shape index (κ2) is 7.29. The van der Waals surface area contributed by atoms with E-state index in [2.05, 4.69) is 14.5 Å². The SMILES string of the molecule is O=C(CCn1ccc(=O)[nH]c1=O)N1CCC(Cn2ccnc2)CC1. The lowest BCUT2D eigenvalue weighted by atomic mass is 9.96. The van der Waals surface area contributed by atoms with Gasteiger partial charge in [0, 0.05) is 57.3 Å². The van der Waals surface area contributed by atoms with Crippen LogP contribution in [0.2, 0.25) is 0 Å². The number of amides is 1. The Balaban J connectivity index is 1.46. The fourth-order valence-corrected chi connectivity index (χ4v) is 3.05. The van der Waals surface area contributed by atoms with Crippen LogP contribution in [0.25, 0.3) is 0 Å². The van der Waals surface area contributed by atoms with E-state index in [0.29, 0.717) is 5.92 Å². The van der Waals surface area contributed by atoms with Crippen LogP contribution in [0.15, 0.2) is 40.6 Å². The van der Waals surface area contributed by atoms with Gasteiger partial charge >= 0.3 is 5.69 Å². The summed E-state index contributed by atoms with van der Waals surface area (Å²) in [5, 5.41) is 0. The highest BCUT2D eigenvalue weighted by atomic mass is 16.2. The van der Waals surface area contributed by atoms with Gasteiger partial charge in [-0.3, -0.25) is 14.6 Å². The van der Waals surface area contributed by atoms with E-state index in [0.717, 1.165) is 32.5 Å². The van der Waals surface area contributed by atoms with Crippen LogP contribution in [0.1, 0.15) is 19.3 Å². The smallest absolute Gasteiger partial charge is 0.328 e. The molecule has 0 radical (unpaired) electrons. The predicted octanol–water partition coefficient (Wildman–Crippen LogP) is 0.0620. The maximum atomic E-state index is 12.3. The number of nitrogens with zero attached hydrogens (tertiary/aromatic N) is 4. The van der Waals surface area contributed by atoms with Crippen LogP contribution in [0.3, 0.4) is 0 Å². The lowest BCUT2D eigenvalue weighted by Gasteiger charge is -2.32. The molecule has 1 aliphatic rings. The van der Waals surface area contributed by atoms with E-state index >= 15 is 0 Å². The van der Waals surface area contributed by atoms with Crippen molar-refractivity contribution < 1.29 is 4.79 Å². The van der Waals surface area contributed by atoms with E-state index < -0.39 is 11.2 Å². The third-order valence-corrected chi connectivity index (χ3v) is 4.46. The van der Waals surface area contributed by atoms with E-state index in [9.17, 15) is 14.4 Å². The normalized spacial score (nSPS) is 15.6. The maximum Gasteiger partial charge on any atom is 0.328 e. The van der Waals surface area contributed by atoms with Crippen molar-refractivity contribution in [1.82, 2.24) is 24.0 Å². The molecule has 2 aromatic rings. The number of hydrogen-bond acceptors (Lipinski definition) is 4. The molecule has 0 spiro atoms. The van der Waals surface area contributed by atoms with Crippen molar-refractivity contribution in [1.29, 1.82) is 0 Å². The summed E-state index contributed by atoms with van der Waals surface area (Å²) in [6, 6.07) is 1.29. The number of hydrogen-bond donors (Lipinski definition) is 1. The van der Waals surface area contributed by atoms with Gasteiger partial charge in [0.25, 0.3) is 5.56 Å². The Bertz CT molecular complexity index is 785. The largest absolute Gasteiger partial charge is 0.343 e. The number of piperidine rings is 1. The van der Waals surface area contributed by atoms with Crippen molar-refractivity contribution in [2.24, 2.45) is 5.92 Å². The number of nitrogens with one attached hydrogen (secondary N) is 1. The summed E-state index contributed by atoms with van der Waals surface area (Å²) in [6.07, 6.45) is 9.19. The van der Waals surface area contributed by atoms with Gasteiger partial charge in [-0.15, -0.1) is 0 Å². The fraction of sp³-hybridized carbons (Fsp3) is 0.500. The molecule has 0 aliphatic carbocycles. The van der Waals surface area contributed by atoms with E-state index in [1.807, 2.05) is 17.4 Å². The Hall–Kier alpha value is -2.64. The number of H-pyrrole nitrogens is 1. The first kappa shape index (κ1) is 16.2. The molecule has 0 unspecified atom stereocenters. The number of aromatic nitrogens is 4. The van der Waals surface area contributed by atoms with Crippen molar-refractivity contribution >= 4 is 5.91 Å². The quantitative estimate of drug-likeness (QED) is 0.838. The van der Waals surface area contributed by atoms with Gasteiger partial charge in [-0.05, 0) is 18.8 Å². The molecule has 1 fully saturated rings. The molecular weight excluding hydrogens is 310 g/mol. The minimum atomic E-state index is -0.477. The molecule has 0 saturated carbocycles. The number of aromatic amines is 1. The maximum absolute atomic E-state index is 12.3. The molecule has 1 saturated heterocycles. The molecule has 3 rings (SSSR count). The second-order valence-electron chi connectivity index (χ2n) is 6.14. The van der Waals surface area contributed by atoms with E-state index in [-0.39, 0.29) is 18.9 Å². The first-order valence-corrected chi connectivity index (χ1v) is 8.15. The zero-order valence-electron chi connectivity index (χ0n) is 13.4. The minimum absolute atomic E-state index is 0.0502. The molecule has 2 aromatic heterocycles. The average Bonchev–Trinajstić information content (AvgIpc) is 3.07. The number of aryl methyl sites for hydroxylation is 1. The van der Waals surface area contributed by atoms with Gasteiger partial charge in [0.05, 0.1) is 6.33 Å². The standard InChI is InChI=1S/C16H21N5O3/c22-14-3-8-21(16(24)18-14)9-4-15(23)20-6-1-13(2-7-20)11-19-10-5-17-12-19/h3,5,8,10,12-13H,1-2,4,6-7,9,11H2,(H,18,22,24). The zero-order valence-corrected chi connectivity index (χ0v) is 13.4. The minimum Gasteiger partial charge on any atom is -0.343 e. The number of imidazole rings is 1. The lowest BCUT2D eigenvalue weighted by Crippen LogP contribution is -2.40. The summed E-state index contributed by atoms with van der Waals surface area (Å²) in [7, 11) is 0. The van der Waals surface area contributed by atoms with Crippen molar-refractivity contribution in [3.05, 3.63) is 51.8 Å². The van der Waals surface area contributed by atoms with Crippen LogP contribution >= 0.6 is 0 Å². The van der Waals surface area contributed by atoms with Crippen molar-refractivity contribution in [3.63, 3.8) is 0 Å². The molecule has 3 heterocycles. The molecular formula is C16H21N5O3. The van der Waals surface area contributed by atoms with E-state index in [4.69, 9.17) is 0 Å². The zero-order chi connectivity index (χ0) is 16.9. The van der Waals surface area contributed by atoms with Crippen LogP contribution in [-0.4, -0.2) is 43.0 Å². The van der Waals surface area contributed by atoms with Crippen LogP contribution in [-0.2, 0) is 17.9 Å². The van der Waals surface area contributed by atoms with Crippen molar-refractivity contribution in [2.45, 2.75) is 32.4 Å². The summed E-state index contributed by atoms with van der Waals surface area (Å²) in [5.74, 6) is 0.610. The molecule has 0 bridgehead atoms. The summed E-state index contributed by atoms with van der Waals surface area (Å²) in [5.41, 5.74) is -0.906. The van der Waals surface area contributed by atoms with E-state index in [1.165, 1.54) is 16.8 Å². The third kappa shape index (κ3) is 4.01. The number of carbonyl (C=O) groups is 1. The molecule has 8 nitrogen and oxygen atoms in total. The molecule has 1 N–H and O–H groups in total. The number of carbonyl (C=O) groups excluding carboxylic acids is 1. The van der Waals surface area contributed by atoms with Gasteiger partial charge < -0.3 is 14.0 Å². The third-order valence-electron chi connectivity index (χ3n) is 4.46. The predicted molar refractivity (Wildman–Crippen MR) is 87.5 cm³/mol. The highest BCUT2D eigenvalue weighted by molar-refractivity contribution is 5.76. The lowest BCUT2D eigenvalue weighted by molar-refractivity contribution is -0.132. The Morgan fingerprint density at radius 3 is 2.71 bits per heavy atom. The second-order valence-corrected chi connectivity index (χ2v) is 6.14. The Labute approximate surface area is 138 Å². The topological polar surface area (TPSA) is 93.0 Å². The molecule has 24 heavy (non-hydrogen) atoms. The Kier molecular flexibility index (Phi) is 4.93. The first-order valence-electron chi connectivity index (χ1n) is 8.15. The average molecular weight is 331 g/mol. The van der Waals surface area contributed by atoms with Gasteiger partial charge in [0.2, 0.25) is 5.91 Å². The van der Waals surface area contributed by atoms with Gasteiger partial charge in [-0.25, -0.2) is 9.78 Å². The summed E-state index contributed by atoms with van der Waals surface area (Å²) >= 11 is 0. The summed E-state index contributed by atoms with van der Waals surface area (Å²) in [6.45, 7) is 2.72. The highest BCUT2D eigenvalue weighted by Gasteiger charge is 2.22. The monoisotopic (exact) mass is 331 g/mol. The van der Waals surface area contributed by atoms with E-state index in [1.54, 1.807) is 6.20 Å². The first-order chi connectivity index (χ1) is 11.6. The Morgan fingerprint density at radius 2 is 2.04 bits per heavy atom. The molecule has 0 atom stereocenters. The van der Waals surface area contributed by atoms with Gasteiger partial charge in [-0.2, -0.15) is 0 Å². The van der Waals surface area contributed by atoms with Crippen LogP contribution < -0.4 is 11.2 Å². The molecule has 0 aromatic carbocycles. The van der Waals surface area contributed by atoms with Gasteiger partial charge in [-0.1, -0.05) is 0 Å². The highest BCUT2D eigenvalue weighted by Crippen LogP contribution is 2.19. The van der Waals surface area contributed by atoms with Gasteiger partial charge in [0.1, 0.15) is 0 Å². The van der Waals surface area contributed by atoms with Crippen LogP contribution in [0, 0.1) is 5.92 Å². The van der Waals surface area contributed by atoms with Crippen LogP contribution in [0.5, 0.6) is 0 Å². The molecule has 1 amide bonds. The van der Waals surface area contributed by atoms with Crippen molar-refractivity contribution in [3.8, 4) is 0 Å². The van der Waals surface area contributed by atoms with Gasteiger partial charge in [0.15, 0.2) is 0 Å². The molecule has 128 valence electrons. The van der Waals surface area contributed by atoms with Crippen molar-refractivity contribution in [2.75, 3.05) is 13.1 Å². The number of likely N-dealkylation sites (tertiary alicyclic amines) is 1.